The molecule has 1 N–H and O–H groups in total. The molecule has 6 nitrogen and oxygen atoms in total. The first-order chi connectivity index (χ1) is 19.3. The Morgan fingerprint density at radius 1 is 0.950 bits per heavy atom. The van der Waals surface area contributed by atoms with Gasteiger partial charge in [-0.1, -0.05) is 30.3 Å². The average Bonchev–Trinajstić information content (AvgIpc) is 3.16. The highest BCUT2D eigenvalue weighted by molar-refractivity contribution is 5.93. The molecule has 0 radical (unpaired) electrons. The number of halogens is 1. The second-order valence-electron chi connectivity index (χ2n) is 11.0. The smallest absolute Gasteiger partial charge is 0.225 e. The Balaban J connectivity index is 1.37. The molecule has 2 aliphatic rings. The zero-order chi connectivity index (χ0) is 27.8. The van der Waals surface area contributed by atoms with Gasteiger partial charge in [0, 0.05) is 48.0 Å². The van der Waals surface area contributed by atoms with Crippen LogP contribution in [0.15, 0.2) is 65.7 Å². The molecule has 0 aliphatic carbocycles. The lowest BCUT2D eigenvalue weighted by Gasteiger charge is -2.26. The zero-order valence-electron chi connectivity index (χ0n) is 23.5. The van der Waals surface area contributed by atoms with E-state index >= 15 is 0 Å². The number of rotatable bonds is 6. The molecule has 4 aromatic rings. The van der Waals surface area contributed by atoms with E-state index in [9.17, 15) is 4.39 Å². The lowest BCUT2D eigenvalue weighted by molar-refractivity contribution is 0.331. The number of aryl methyl sites for hydroxylation is 1. The van der Waals surface area contributed by atoms with Gasteiger partial charge >= 0.3 is 0 Å². The SMILES string of the molecule is CC1=Nc2cc(-c3ccc4c(c3)CN(c3nc(NC(C)C)nc(C)c3Cc3ccc(F)cc3)CCO4)ccc2C1. The molecule has 0 atom stereocenters. The molecule has 204 valence electrons. The maximum Gasteiger partial charge on any atom is 0.225 e. The van der Waals surface area contributed by atoms with Crippen molar-refractivity contribution in [1.82, 2.24) is 9.97 Å². The summed E-state index contributed by atoms with van der Waals surface area (Å²) < 4.78 is 19.8. The zero-order valence-corrected chi connectivity index (χ0v) is 23.5. The number of hydrogen-bond donors (Lipinski definition) is 1. The molecule has 3 aromatic carbocycles. The molecule has 0 spiro atoms. The Kier molecular flexibility index (Phi) is 6.96. The van der Waals surface area contributed by atoms with Crippen LogP contribution in [0.4, 0.5) is 21.8 Å². The van der Waals surface area contributed by atoms with Crippen LogP contribution in [0.2, 0.25) is 0 Å². The molecular weight excluding hydrogens is 501 g/mol. The van der Waals surface area contributed by atoms with Gasteiger partial charge in [0.2, 0.25) is 5.95 Å². The molecule has 7 heteroatoms. The van der Waals surface area contributed by atoms with Crippen molar-refractivity contribution >= 4 is 23.2 Å². The van der Waals surface area contributed by atoms with Crippen molar-refractivity contribution in [3.05, 3.63) is 94.4 Å². The van der Waals surface area contributed by atoms with Crippen LogP contribution in [0.1, 0.15) is 48.7 Å². The van der Waals surface area contributed by atoms with Crippen LogP contribution in [0.3, 0.4) is 0 Å². The van der Waals surface area contributed by atoms with Crippen molar-refractivity contribution in [2.75, 3.05) is 23.4 Å². The quantitative estimate of drug-likeness (QED) is 0.287. The molecule has 0 unspecified atom stereocenters. The van der Waals surface area contributed by atoms with Gasteiger partial charge in [-0.25, -0.2) is 9.37 Å². The second-order valence-corrected chi connectivity index (χ2v) is 11.0. The van der Waals surface area contributed by atoms with Crippen molar-refractivity contribution in [3.8, 4) is 16.9 Å². The standard InChI is InChI=1S/C33H34FN5O/c1-20(2)35-33-37-22(4)29(16-23-5-10-28(34)11-6-23)32(38-33)39-13-14-40-31-12-9-24(17-27(31)19-39)25-7-8-26-15-21(3)36-30(26)18-25/h5-12,17-18,20H,13-16,19H2,1-4H3,(H,35,37,38). The van der Waals surface area contributed by atoms with E-state index in [1.807, 2.05) is 19.1 Å². The first kappa shape index (κ1) is 26.0. The molecule has 3 heterocycles. The van der Waals surface area contributed by atoms with Gasteiger partial charge in [-0.15, -0.1) is 0 Å². The highest BCUT2D eigenvalue weighted by Crippen LogP contribution is 2.36. The molecule has 1 aromatic heterocycles. The lowest BCUT2D eigenvalue weighted by Crippen LogP contribution is -2.28. The van der Waals surface area contributed by atoms with Crippen molar-refractivity contribution in [2.24, 2.45) is 4.99 Å². The first-order valence-corrected chi connectivity index (χ1v) is 13.9. The fraction of sp³-hybridized carbons (Fsp3) is 0.303. The Bertz CT molecular complexity index is 1600. The summed E-state index contributed by atoms with van der Waals surface area (Å²) in [7, 11) is 0. The molecule has 0 saturated heterocycles. The number of anilines is 2. The predicted octanol–water partition coefficient (Wildman–Crippen LogP) is 7.05. The Morgan fingerprint density at radius 2 is 1.73 bits per heavy atom. The Morgan fingerprint density at radius 3 is 2.52 bits per heavy atom. The Hall–Kier alpha value is -4.26. The number of nitrogens with zero attached hydrogens (tertiary/aromatic N) is 4. The minimum atomic E-state index is -0.240. The van der Waals surface area contributed by atoms with E-state index in [0.717, 1.165) is 62.9 Å². The summed E-state index contributed by atoms with van der Waals surface area (Å²) in [5.41, 5.74) is 9.85. The Labute approximate surface area is 235 Å². The molecular formula is C33H34FN5O. The van der Waals surface area contributed by atoms with Crippen LogP contribution >= 0.6 is 0 Å². The second kappa shape index (κ2) is 10.7. The topological polar surface area (TPSA) is 62.6 Å². The third-order valence-corrected chi connectivity index (χ3v) is 7.42. The largest absolute Gasteiger partial charge is 0.491 e. The van der Waals surface area contributed by atoms with Crippen LogP contribution < -0.4 is 15.0 Å². The highest BCUT2D eigenvalue weighted by Gasteiger charge is 2.23. The predicted molar refractivity (Wildman–Crippen MR) is 160 cm³/mol. The number of aromatic nitrogens is 2. The van der Waals surface area contributed by atoms with Crippen LogP contribution in [-0.2, 0) is 19.4 Å². The van der Waals surface area contributed by atoms with E-state index in [4.69, 9.17) is 19.7 Å². The first-order valence-electron chi connectivity index (χ1n) is 13.9. The van der Waals surface area contributed by atoms with Crippen molar-refractivity contribution in [1.29, 1.82) is 0 Å². The minimum absolute atomic E-state index is 0.200. The van der Waals surface area contributed by atoms with E-state index < -0.39 is 0 Å². The van der Waals surface area contributed by atoms with Crippen LogP contribution in [0.25, 0.3) is 11.1 Å². The van der Waals surface area contributed by atoms with Gasteiger partial charge < -0.3 is 15.0 Å². The number of fused-ring (bicyclic) bond motifs is 2. The highest BCUT2D eigenvalue weighted by atomic mass is 19.1. The normalized spacial score (nSPS) is 14.3. The van der Waals surface area contributed by atoms with E-state index in [2.05, 4.69) is 67.4 Å². The van der Waals surface area contributed by atoms with Crippen molar-refractivity contribution in [2.45, 2.75) is 53.1 Å². The van der Waals surface area contributed by atoms with Gasteiger partial charge in [-0.2, -0.15) is 4.98 Å². The fourth-order valence-corrected chi connectivity index (χ4v) is 5.45. The third kappa shape index (κ3) is 5.41. The number of benzene rings is 3. The summed E-state index contributed by atoms with van der Waals surface area (Å²) >= 11 is 0. The van der Waals surface area contributed by atoms with Gasteiger partial charge in [0.1, 0.15) is 24.0 Å². The molecule has 6 rings (SSSR count). The summed E-state index contributed by atoms with van der Waals surface area (Å²) in [6.07, 6.45) is 1.54. The summed E-state index contributed by atoms with van der Waals surface area (Å²) in [4.78, 5) is 16.8. The number of hydrogen-bond acceptors (Lipinski definition) is 6. The van der Waals surface area contributed by atoms with Crippen LogP contribution in [0, 0.1) is 12.7 Å². The van der Waals surface area contributed by atoms with Gasteiger partial charge in [0.15, 0.2) is 0 Å². The number of aliphatic imine (C=N–C) groups is 1. The maximum atomic E-state index is 13.6. The summed E-state index contributed by atoms with van der Waals surface area (Å²) in [5, 5.41) is 3.37. The van der Waals surface area contributed by atoms with Gasteiger partial charge in [-0.3, -0.25) is 4.99 Å². The molecule has 0 bridgehead atoms. The fourth-order valence-electron chi connectivity index (χ4n) is 5.45. The molecule has 0 amide bonds. The van der Waals surface area contributed by atoms with Gasteiger partial charge in [0.25, 0.3) is 0 Å². The van der Waals surface area contributed by atoms with Crippen molar-refractivity contribution < 1.29 is 9.13 Å². The minimum Gasteiger partial charge on any atom is -0.491 e. The summed E-state index contributed by atoms with van der Waals surface area (Å²) in [5.74, 6) is 2.14. The summed E-state index contributed by atoms with van der Waals surface area (Å²) in [6, 6.07) is 19.8. The average molecular weight is 536 g/mol. The van der Waals surface area contributed by atoms with Crippen molar-refractivity contribution in [3.63, 3.8) is 0 Å². The molecule has 0 fully saturated rings. The van der Waals surface area contributed by atoms with Crippen LogP contribution in [-0.4, -0.2) is 34.9 Å². The van der Waals surface area contributed by atoms with E-state index in [1.54, 1.807) is 0 Å². The number of ether oxygens (including phenoxy) is 1. The number of nitrogens with one attached hydrogen (secondary N) is 1. The third-order valence-electron chi connectivity index (χ3n) is 7.42. The maximum absolute atomic E-state index is 13.6. The monoisotopic (exact) mass is 535 g/mol. The van der Waals surface area contributed by atoms with E-state index in [0.29, 0.717) is 32.1 Å². The van der Waals surface area contributed by atoms with Gasteiger partial charge in [-0.05, 0) is 80.3 Å². The van der Waals surface area contributed by atoms with Crippen LogP contribution in [0.5, 0.6) is 5.75 Å². The molecule has 0 saturated carbocycles. The molecule has 2 aliphatic heterocycles. The molecule has 40 heavy (non-hydrogen) atoms. The van der Waals surface area contributed by atoms with E-state index in [1.165, 1.54) is 17.7 Å². The lowest BCUT2D eigenvalue weighted by atomic mass is 9.99. The van der Waals surface area contributed by atoms with Gasteiger partial charge in [0.05, 0.1) is 12.2 Å². The van der Waals surface area contributed by atoms with E-state index in [-0.39, 0.29) is 11.9 Å². The summed E-state index contributed by atoms with van der Waals surface area (Å²) in [6.45, 7) is 10.1.